The van der Waals surface area contributed by atoms with Crippen LogP contribution in [0, 0.1) is 0 Å². The number of rotatable bonds is 8. The second kappa shape index (κ2) is 10.9. The van der Waals surface area contributed by atoms with Crippen molar-refractivity contribution in [3.05, 3.63) is 63.6 Å². The summed E-state index contributed by atoms with van der Waals surface area (Å²) in [7, 11) is 1.60. The average Bonchev–Trinajstić information content (AvgIpc) is 3.26. The molecule has 1 atom stereocenters. The summed E-state index contributed by atoms with van der Waals surface area (Å²) >= 11 is 12.3. The number of nitrogens with zero attached hydrogens (tertiary/aromatic N) is 1. The van der Waals surface area contributed by atoms with E-state index in [9.17, 15) is 9.59 Å². The Balaban J connectivity index is 1.80. The molecular formula is C24H28Cl2N2O3. The van der Waals surface area contributed by atoms with Gasteiger partial charge in [-0.3, -0.25) is 9.59 Å². The number of halogens is 2. The number of hydrogen-bond donors (Lipinski definition) is 1. The molecule has 2 aromatic carbocycles. The van der Waals surface area contributed by atoms with Crippen LogP contribution in [0.5, 0.6) is 5.75 Å². The van der Waals surface area contributed by atoms with Crippen molar-refractivity contribution in [3.63, 3.8) is 0 Å². The first-order valence-corrected chi connectivity index (χ1v) is 11.3. The zero-order valence-corrected chi connectivity index (χ0v) is 19.4. The van der Waals surface area contributed by atoms with Crippen LogP contribution in [0.25, 0.3) is 0 Å². The lowest BCUT2D eigenvalue weighted by Gasteiger charge is -2.30. The number of carbonyl (C=O) groups is 2. The van der Waals surface area contributed by atoms with E-state index in [0.717, 1.165) is 31.2 Å². The minimum absolute atomic E-state index is 0.0843. The fourth-order valence-corrected chi connectivity index (χ4v) is 4.35. The average molecular weight is 463 g/mol. The molecule has 0 unspecified atom stereocenters. The van der Waals surface area contributed by atoms with Gasteiger partial charge in [0.05, 0.1) is 13.5 Å². The van der Waals surface area contributed by atoms with Gasteiger partial charge in [-0.05, 0) is 55.2 Å². The van der Waals surface area contributed by atoms with Crippen LogP contribution in [0.4, 0.5) is 0 Å². The van der Waals surface area contributed by atoms with Crippen LogP contribution in [0.1, 0.15) is 43.7 Å². The van der Waals surface area contributed by atoms with E-state index in [2.05, 4.69) is 5.32 Å². The molecule has 166 valence electrons. The third-order valence-corrected chi connectivity index (χ3v) is 6.30. The van der Waals surface area contributed by atoms with E-state index < -0.39 is 6.04 Å². The summed E-state index contributed by atoms with van der Waals surface area (Å²) in [5, 5.41) is 4.05. The zero-order chi connectivity index (χ0) is 22.4. The van der Waals surface area contributed by atoms with Crippen LogP contribution in [0.2, 0.25) is 10.0 Å². The zero-order valence-electron chi connectivity index (χ0n) is 17.9. The van der Waals surface area contributed by atoms with Crippen molar-refractivity contribution < 1.29 is 14.3 Å². The minimum atomic E-state index is -0.620. The van der Waals surface area contributed by atoms with Crippen LogP contribution in [-0.4, -0.2) is 35.9 Å². The molecule has 0 heterocycles. The van der Waals surface area contributed by atoms with Gasteiger partial charge in [0.25, 0.3) is 0 Å². The molecule has 0 aliphatic heterocycles. The summed E-state index contributed by atoms with van der Waals surface area (Å²) in [6.07, 6.45) is 4.31. The maximum absolute atomic E-state index is 13.3. The van der Waals surface area contributed by atoms with Crippen molar-refractivity contribution in [2.75, 3.05) is 7.11 Å². The Morgan fingerprint density at radius 2 is 1.90 bits per heavy atom. The summed E-state index contributed by atoms with van der Waals surface area (Å²) in [6, 6.07) is 12.1. The van der Waals surface area contributed by atoms with Gasteiger partial charge in [0, 0.05) is 22.6 Å². The number of ether oxygens (including phenoxy) is 1. The van der Waals surface area contributed by atoms with Crippen LogP contribution in [0.15, 0.2) is 42.5 Å². The van der Waals surface area contributed by atoms with Gasteiger partial charge in [0.2, 0.25) is 11.8 Å². The normalized spacial score (nSPS) is 14.8. The summed E-state index contributed by atoms with van der Waals surface area (Å²) in [4.78, 5) is 27.9. The smallest absolute Gasteiger partial charge is 0.242 e. The first-order chi connectivity index (χ1) is 14.9. The molecule has 5 nitrogen and oxygen atoms in total. The molecule has 2 aromatic rings. The van der Waals surface area contributed by atoms with Gasteiger partial charge in [-0.25, -0.2) is 0 Å². The molecular weight excluding hydrogens is 435 g/mol. The van der Waals surface area contributed by atoms with E-state index in [1.54, 1.807) is 37.1 Å². The lowest BCUT2D eigenvalue weighted by molar-refractivity contribution is -0.140. The Bertz CT molecular complexity index is 929. The van der Waals surface area contributed by atoms with Crippen molar-refractivity contribution in [3.8, 4) is 5.75 Å². The van der Waals surface area contributed by atoms with Gasteiger partial charge in [0.15, 0.2) is 0 Å². The molecule has 31 heavy (non-hydrogen) atoms. The lowest BCUT2D eigenvalue weighted by Crippen LogP contribution is -2.50. The molecule has 0 radical (unpaired) electrons. The maximum Gasteiger partial charge on any atom is 0.242 e. The van der Waals surface area contributed by atoms with Crippen LogP contribution in [0.3, 0.4) is 0 Å². The summed E-state index contributed by atoms with van der Waals surface area (Å²) in [6.45, 7) is 2.06. The highest BCUT2D eigenvalue weighted by Crippen LogP contribution is 2.24. The van der Waals surface area contributed by atoms with Crippen molar-refractivity contribution >= 4 is 35.0 Å². The van der Waals surface area contributed by atoms with Gasteiger partial charge in [-0.15, -0.1) is 0 Å². The van der Waals surface area contributed by atoms with Gasteiger partial charge < -0.3 is 15.0 Å². The SMILES string of the molecule is COc1cccc(CN(C(=O)Cc2ccc(Cl)cc2Cl)[C@H](C)C(=O)NC2CCCC2)c1. The number of amides is 2. The van der Waals surface area contributed by atoms with Crippen molar-refractivity contribution in [1.82, 2.24) is 10.2 Å². The van der Waals surface area contributed by atoms with E-state index in [-0.39, 0.29) is 24.3 Å². The van der Waals surface area contributed by atoms with E-state index in [0.29, 0.717) is 27.9 Å². The van der Waals surface area contributed by atoms with Gasteiger partial charge >= 0.3 is 0 Å². The second-order valence-corrected chi connectivity index (χ2v) is 8.80. The molecule has 1 aliphatic rings. The topological polar surface area (TPSA) is 58.6 Å². The Morgan fingerprint density at radius 1 is 1.16 bits per heavy atom. The first kappa shape index (κ1) is 23.4. The monoisotopic (exact) mass is 462 g/mol. The molecule has 0 spiro atoms. The maximum atomic E-state index is 13.3. The summed E-state index contributed by atoms with van der Waals surface area (Å²) in [5.41, 5.74) is 1.56. The third kappa shape index (κ3) is 6.37. The number of carbonyl (C=O) groups excluding carboxylic acids is 2. The lowest BCUT2D eigenvalue weighted by atomic mass is 10.1. The second-order valence-electron chi connectivity index (χ2n) is 7.95. The highest BCUT2D eigenvalue weighted by atomic mass is 35.5. The van der Waals surface area contributed by atoms with Gasteiger partial charge in [0.1, 0.15) is 11.8 Å². The Hall–Kier alpha value is -2.24. The van der Waals surface area contributed by atoms with E-state index >= 15 is 0 Å². The Labute approximate surface area is 193 Å². The number of nitrogens with one attached hydrogen (secondary N) is 1. The molecule has 3 rings (SSSR count). The van der Waals surface area contributed by atoms with E-state index in [1.165, 1.54) is 0 Å². The predicted octanol–water partition coefficient (Wildman–Crippen LogP) is 5.02. The fourth-order valence-electron chi connectivity index (χ4n) is 3.87. The highest BCUT2D eigenvalue weighted by molar-refractivity contribution is 6.35. The highest BCUT2D eigenvalue weighted by Gasteiger charge is 2.29. The predicted molar refractivity (Wildman–Crippen MR) is 124 cm³/mol. The standard InChI is InChI=1S/C24H28Cl2N2O3/c1-16(24(30)27-20-7-3-4-8-20)28(15-17-6-5-9-21(12-17)31-2)23(29)13-18-10-11-19(25)14-22(18)26/h5-6,9-12,14,16,20H,3-4,7-8,13,15H2,1-2H3,(H,27,30)/t16-/m1/s1. The van der Waals surface area contributed by atoms with Crippen LogP contribution in [-0.2, 0) is 22.6 Å². The molecule has 0 saturated heterocycles. The first-order valence-electron chi connectivity index (χ1n) is 10.5. The third-order valence-electron chi connectivity index (χ3n) is 5.71. The summed E-state index contributed by atoms with van der Waals surface area (Å²) < 4.78 is 5.30. The molecule has 1 fully saturated rings. The molecule has 1 aliphatic carbocycles. The largest absolute Gasteiger partial charge is 0.497 e. The van der Waals surface area contributed by atoms with Crippen molar-refractivity contribution in [1.29, 1.82) is 0 Å². The van der Waals surface area contributed by atoms with E-state index in [4.69, 9.17) is 27.9 Å². The van der Waals surface area contributed by atoms with Crippen molar-refractivity contribution in [2.24, 2.45) is 0 Å². The van der Waals surface area contributed by atoms with Crippen LogP contribution < -0.4 is 10.1 Å². The fraction of sp³-hybridized carbons (Fsp3) is 0.417. The summed E-state index contributed by atoms with van der Waals surface area (Å²) in [5.74, 6) is 0.389. The quantitative estimate of drug-likeness (QED) is 0.598. The van der Waals surface area contributed by atoms with Crippen molar-refractivity contribution in [2.45, 2.75) is 57.7 Å². The van der Waals surface area contributed by atoms with Gasteiger partial charge in [-0.1, -0.05) is 54.2 Å². The Morgan fingerprint density at radius 3 is 2.58 bits per heavy atom. The Kier molecular flexibility index (Phi) is 8.22. The number of benzene rings is 2. The van der Waals surface area contributed by atoms with E-state index in [1.807, 2.05) is 24.3 Å². The molecule has 0 aromatic heterocycles. The van der Waals surface area contributed by atoms with Gasteiger partial charge in [-0.2, -0.15) is 0 Å². The molecule has 1 N–H and O–H groups in total. The molecule has 0 bridgehead atoms. The molecule has 2 amide bonds. The van der Waals surface area contributed by atoms with Crippen LogP contribution >= 0.6 is 23.2 Å². The number of hydrogen-bond acceptors (Lipinski definition) is 3. The molecule has 7 heteroatoms. The number of methoxy groups -OCH3 is 1. The molecule has 1 saturated carbocycles. The minimum Gasteiger partial charge on any atom is -0.497 e.